The summed E-state index contributed by atoms with van der Waals surface area (Å²) in [6.07, 6.45) is 8.12. The first-order chi connectivity index (χ1) is 15.2. The Morgan fingerprint density at radius 3 is 2.74 bits per heavy atom. The van der Waals surface area contributed by atoms with E-state index in [9.17, 15) is 4.79 Å². The third-order valence-corrected chi connectivity index (χ3v) is 6.28. The molecule has 0 unspecified atom stereocenters. The molecule has 2 N–H and O–H groups in total. The van der Waals surface area contributed by atoms with E-state index in [0.717, 1.165) is 40.6 Å². The minimum atomic E-state index is -0.345. The highest BCUT2D eigenvalue weighted by molar-refractivity contribution is 7.21. The van der Waals surface area contributed by atoms with Crippen molar-refractivity contribution in [3.05, 3.63) is 70.9 Å². The number of hydrogen-bond acceptors (Lipinski definition) is 8. The third kappa shape index (κ3) is 3.98. The lowest BCUT2D eigenvalue weighted by Crippen LogP contribution is -2.22. The smallest absolute Gasteiger partial charge is 0.273 e. The molecule has 31 heavy (non-hydrogen) atoms. The van der Waals surface area contributed by atoms with Crippen molar-refractivity contribution in [1.29, 1.82) is 5.26 Å². The predicted molar refractivity (Wildman–Crippen MR) is 121 cm³/mol. The van der Waals surface area contributed by atoms with Crippen LogP contribution < -0.4 is 16.2 Å². The highest BCUT2D eigenvalue weighted by Gasteiger charge is 2.25. The van der Waals surface area contributed by atoms with Gasteiger partial charge < -0.3 is 10.6 Å². The average Bonchev–Trinajstić information content (AvgIpc) is 3.41. The second-order valence-electron chi connectivity index (χ2n) is 7.45. The SMILES string of the molecule is N#Cc1cccn(-c2ccc(N[C@H]3CC[C@H](Nc4nc5cccnc5s4)C3)nc2)c1=O. The van der Waals surface area contributed by atoms with Crippen LogP contribution in [-0.2, 0) is 0 Å². The Morgan fingerprint density at radius 1 is 1.10 bits per heavy atom. The van der Waals surface area contributed by atoms with Crippen molar-refractivity contribution in [2.45, 2.75) is 31.3 Å². The van der Waals surface area contributed by atoms with E-state index in [1.165, 1.54) is 10.6 Å². The van der Waals surface area contributed by atoms with Gasteiger partial charge in [-0.05, 0) is 55.7 Å². The van der Waals surface area contributed by atoms with E-state index in [-0.39, 0.29) is 11.1 Å². The predicted octanol–water partition coefficient (Wildman–Crippen LogP) is 3.55. The number of aromatic nitrogens is 4. The fourth-order valence-corrected chi connectivity index (χ4v) is 4.74. The van der Waals surface area contributed by atoms with Crippen molar-refractivity contribution in [2.24, 2.45) is 0 Å². The van der Waals surface area contributed by atoms with Gasteiger partial charge in [-0.1, -0.05) is 11.3 Å². The van der Waals surface area contributed by atoms with Crippen LogP contribution in [0.25, 0.3) is 16.0 Å². The monoisotopic (exact) mass is 429 g/mol. The zero-order valence-electron chi connectivity index (χ0n) is 16.5. The molecule has 0 saturated heterocycles. The van der Waals surface area contributed by atoms with Crippen LogP contribution in [0, 0.1) is 11.3 Å². The molecule has 1 saturated carbocycles. The Morgan fingerprint density at radius 2 is 1.97 bits per heavy atom. The lowest BCUT2D eigenvalue weighted by atomic mass is 10.2. The fraction of sp³-hybridized carbons (Fsp3) is 0.227. The van der Waals surface area contributed by atoms with Gasteiger partial charge >= 0.3 is 0 Å². The normalized spacial score (nSPS) is 18.0. The second-order valence-corrected chi connectivity index (χ2v) is 8.43. The Hall–Kier alpha value is -3.77. The molecular weight excluding hydrogens is 410 g/mol. The highest BCUT2D eigenvalue weighted by atomic mass is 32.1. The largest absolute Gasteiger partial charge is 0.367 e. The second kappa shape index (κ2) is 8.16. The van der Waals surface area contributed by atoms with Gasteiger partial charge in [0, 0.05) is 24.5 Å². The number of nitrogens with zero attached hydrogens (tertiary/aromatic N) is 5. The number of pyridine rings is 3. The number of hydrogen-bond donors (Lipinski definition) is 2. The molecule has 9 heteroatoms. The Balaban J connectivity index is 1.22. The Bertz CT molecular complexity index is 1290. The van der Waals surface area contributed by atoms with Gasteiger partial charge in [-0.2, -0.15) is 5.26 Å². The molecule has 2 atom stereocenters. The van der Waals surface area contributed by atoms with Crippen LogP contribution in [0.1, 0.15) is 24.8 Å². The molecular formula is C22H19N7OS. The van der Waals surface area contributed by atoms with Gasteiger partial charge in [-0.3, -0.25) is 9.36 Å². The van der Waals surface area contributed by atoms with Crippen molar-refractivity contribution < 1.29 is 0 Å². The zero-order valence-corrected chi connectivity index (χ0v) is 17.3. The molecule has 4 heterocycles. The molecule has 1 fully saturated rings. The molecule has 0 aliphatic heterocycles. The van der Waals surface area contributed by atoms with Crippen LogP contribution in [0.15, 0.2) is 59.8 Å². The minimum Gasteiger partial charge on any atom is -0.367 e. The van der Waals surface area contributed by atoms with Gasteiger partial charge in [0.25, 0.3) is 5.56 Å². The van der Waals surface area contributed by atoms with Gasteiger partial charge in [0.2, 0.25) is 0 Å². The van der Waals surface area contributed by atoms with Crippen LogP contribution in [0.4, 0.5) is 10.9 Å². The first kappa shape index (κ1) is 19.2. The Labute approximate surface area is 182 Å². The summed E-state index contributed by atoms with van der Waals surface area (Å²) in [5.41, 5.74) is 1.31. The average molecular weight is 430 g/mol. The topological polar surface area (TPSA) is 109 Å². The van der Waals surface area contributed by atoms with E-state index in [2.05, 4.69) is 25.6 Å². The summed E-state index contributed by atoms with van der Waals surface area (Å²) in [6, 6.07) is 13.3. The van der Waals surface area contributed by atoms with Gasteiger partial charge in [-0.15, -0.1) is 0 Å². The first-order valence-corrected chi connectivity index (χ1v) is 10.8. The molecule has 4 aromatic rings. The van der Waals surface area contributed by atoms with E-state index in [1.54, 1.807) is 36.0 Å². The molecule has 0 radical (unpaired) electrons. The molecule has 4 aromatic heterocycles. The van der Waals surface area contributed by atoms with Crippen molar-refractivity contribution in [1.82, 2.24) is 19.5 Å². The molecule has 8 nitrogen and oxygen atoms in total. The summed E-state index contributed by atoms with van der Waals surface area (Å²) in [5.74, 6) is 0.767. The number of nitriles is 1. The Kier molecular flexibility index (Phi) is 5.06. The summed E-state index contributed by atoms with van der Waals surface area (Å²) in [7, 11) is 0. The lowest BCUT2D eigenvalue weighted by Gasteiger charge is -2.15. The molecule has 5 rings (SSSR count). The quantitative estimate of drug-likeness (QED) is 0.499. The number of fused-ring (bicyclic) bond motifs is 1. The van der Waals surface area contributed by atoms with Gasteiger partial charge in [0.05, 0.1) is 11.9 Å². The molecule has 0 spiro atoms. The van der Waals surface area contributed by atoms with Crippen molar-refractivity contribution in [3.8, 4) is 11.8 Å². The molecule has 0 amide bonds. The van der Waals surface area contributed by atoms with Gasteiger partial charge in [0.1, 0.15) is 27.8 Å². The first-order valence-electron chi connectivity index (χ1n) is 10.0. The maximum atomic E-state index is 12.3. The van der Waals surface area contributed by atoms with E-state index >= 15 is 0 Å². The lowest BCUT2D eigenvalue weighted by molar-refractivity contribution is 0.722. The van der Waals surface area contributed by atoms with Crippen LogP contribution in [0.2, 0.25) is 0 Å². The van der Waals surface area contributed by atoms with Crippen LogP contribution >= 0.6 is 11.3 Å². The van der Waals surface area contributed by atoms with Crippen LogP contribution in [0.3, 0.4) is 0 Å². The van der Waals surface area contributed by atoms with E-state index < -0.39 is 0 Å². The van der Waals surface area contributed by atoms with Crippen molar-refractivity contribution >= 4 is 32.6 Å². The van der Waals surface area contributed by atoms with Crippen LogP contribution in [0.5, 0.6) is 0 Å². The minimum absolute atomic E-state index is 0.109. The molecule has 1 aliphatic carbocycles. The van der Waals surface area contributed by atoms with Gasteiger partial charge in [-0.25, -0.2) is 15.0 Å². The number of thiazole rings is 1. The third-order valence-electron chi connectivity index (χ3n) is 5.37. The summed E-state index contributed by atoms with van der Waals surface area (Å²) in [5, 5.41) is 17.0. The summed E-state index contributed by atoms with van der Waals surface area (Å²) >= 11 is 1.58. The highest BCUT2D eigenvalue weighted by Crippen LogP contribution is 2.29. The van der Waals surface area contributed by atoms with Crippen molar-refractivity contribution in [3.63, 3.8) is 0 Å². The fourth-order valence-electron chi connectivity index (χ4n) is 3.86. The molecule has 154 valence electrons. The maximum Gasteiger partial charge on any atom is 0.273 e. The molecule has 1 aliphatic rings. The van der Waals surface area contributed by atoms with E-state index in [0.29, 0.717) is 17.8 Å². The molecule has 0 bridgehead atoms. The summed E-state index contributed by atoms with van der Waals surface area (Å²) < 4.78 is 1.43. The van der Waals surface area contributed by atoms with E-state index in [4.69, 9.17) is 5.26 Å². The summed E-state index contributed by atoms with van der Waals surface area (Å²) in [6.45, 7) is 0. The zero-order chi connectivity index (χ0) is 21.2. The number of nitrogens with one attached hydrogen (secondary N) is 2. The number of rotatable bonds is 5. The van der Waals surface area contributed by atoms with Gasteiger partial charge in [0.15, 0.2) is 5.13 Å². The molecule has 0 aromatic carbocycles. The van der Waals surface area contributed by atoms with E-state index in [1.807, 2.05) is 30.3 Å². The van der Waals surface area contributed by atoms with Crippen LogP contribution in [-0.4, -0.2) is 31.6 Å². The summed E-state index contributed by atoms with van der Waals surface area (Å²) in [4.78, 5) is 26.7. The standard InChI is InChI=1S/C22H19N7OS/c23-12-14-3-2-10-29(21(14)30)17-7-8-19(25-13-17)26-15-5-6-16(11-15)27-22-28-18-4-1-9-24-20(18)31-22/h1-4,7-10,13,15-16H,5-6,11H2,(H,25,26)(H,27,28)/t15-,16-/m0/s1. The van der Waals surface area contributed by atoms with Crippen molar-refractivity contribution in [2.75, 3.05) is 10.6 Å². The number of anilines is 2. The maximum absolute atomic E-state index is 12.3.